The van der Waals surface area contributed by atoms with Gasteiger partial charge in [0, 0.05) is 29.1 Å². The number of aromatic nitrogens is 3. The zero-order chi connectivity index (χ0) is 22.7. The third-order valence-corrected chi connectivity index (χ3v) is 8.15. The monoisotopic (exact) mass is 448 g/mol. The predicted octanol–water partition coefficient (Wildman–Crippen LogP) is 5.53. The van der Waals surface area contributed by atoms with Gasteiger partial charge < -0.3 is 19.4 Å². The lowest BCUT2D eigenvalue weighted by molar-refractivity contribution is 0.0322. The van der Waals surface area contributed by atoms with Crippen molar-refractivity contribution < 1.29 is 14.0 Å². The number of aliphatic hydroxyl groups is 1. The van der Waals surface area contributed by atoms with Crippen molar-refractivity contribution in [2.75, 3.05) is 11.9 Å². The highest BCUT2D eigenvalue weighted by Gasteiger charge is 2.52. The minimum atomic E-state index is -1.02. The van der Waals surface area contributed by atoms with Gasteiger partial charge in [-0.1, -0.05) is 11.2 Å². The van der Waals surface area contributed by atoms with Crippen LogP contribution in [0.4, 0.5) is 5.69 Å². The fraction of sp³-hybridized carbons (Fsp3) is 0.577. The lowest BCUT2D eigenvalue weighted by atomic mass is 9.53. The molecule has 2 bridgehead atoms. The highest BCUT2D eigenvalue weighted by atomic mass is 16.5. The molecular formula is C26H32N4O3. The van der Waals surface area contributed by atoms with E-state index in [1.807, 2.05) is 12.1 Å². The molecule has 0 spiro atoms. The number of fused-ring (bicyclic) bond motifs is 3. The molecular weight excluding hydrogens is 416 g/mol. The molecule has 174 valence electrons. The summed E-state index contributed by atoms with van der Waals surface area (Å²) in [5.74, 6) is 2.90. The molecule has 0 unspecified atom stereocenters. The van der Waals surface area contributed by atoms with Crippen molar-refractivity contribution >= 4 is 5.69 Å². The van der Waals surface area contributed by atoms with Crippen LogP contribution in [-0.2, 0) is 11.0 Å². The van der Waals surface area contributed by atoms with Gasteiger partial charge in [-0.25, -0.2) is 4.98 Å². The fourth-order valence-electron chi connectivity index (χ4n) is 5.55. The molecule has 2 aromatic heterocycles. The molecule has 3 aromatic rings. The van der Waals surface area contributed by atoms with E-state index < -0.39 is 5.60 Å². The summed E-state index contributed by atoms with van der Waals surface area (Å²) in [5, 5.41) is 18.1. The molecule has 4 aliphatic carbocycles. The lowest BCUT2D eigenvalue weighted by Gasteiger charge is -2.52. The van der Waals surface area contributed by atoms with Crippen LogP contribution in [0.2, 0.25) is 0 Å². The molecule has 4 aliphatic rings. The summed E-state index contributed by atoms with van der Waals surface area (Å²) in [4.78, 5) is 9.28. The maximum atomic E-state index is 10.2. The Morgan fingerprint density at radius 1 is 1.09 bits per heavy atom. The van der Waals surface area contributed by atoms with Crippen LogP contribution in [0.15, 0.2) is 39.5 Å². The van der Waals surface area contributed by atoms with Gasteiger partial charge in [0.1, 0.15) is 17.6 Å². The van der Waals surface area contributed by atoms with Gasteiger partial charge in [0.25, 0.3) is 0 Å². The van der Waals surface area contributed by atoms with Crippen LogP contribution < -0.4 is 5.32 Å². The summed E-state index contributed by atoms with van der Waals surface area (Å²) in [6.07, 6.45) is 10.9. The highest BCUT2D eigenvalue weighted by Crippen LogP contribution is 2.57. The van der Waals surface area contributed by atoms with Crippen molar-refractivity contribution in [3.05, 3.63) is 47.9 Å². The van der Waals surface area contributed by atoms with Crippen LogP contribution >= 0.6 is 0 Å². The van der Waals surface area contributed by atoms with Crippen LogP contribution in [0, 0.1) is 5.41 Å². The van der Waals surface area contributed by atoms with Gasteiger partial charge >= 0.3 is 0 Å². The molecule has 7 heteroatoms. The third kappa shape index (κ3) is 3.86. The lowest BCUT2D eigenvalue weighted by Crippen LogP contribution is -2.47. The average molecular weight is 449 g/mol. The molecule has 0 saturated heterocycles. The van der Waals surface area contributed by atoms with E-state index in [0.29, 0.717) is 22.9 Å². The van der Waals surface area contributed by atoms with Gasteiger partial charge in [0.2, 0.25) is 11.8 Å². The van der Waals surface area contributed by atoms with Gasteiger partial charge in [-0.2, -0.15) is 4.98 Å². The first kappa shape index (κ1) is 20.9. The van der Waals surface area contributed by atoms with Crippen molar-refractivity contribution in [3.8, 4) is 11.5 Å². The Hall–Kier alpha value is -2.67. The summed E-state index contributed by atoms with van der Waals surface area (Å²) in [6, 6.07) is 8.17. The second-order valence-corrected chi connectivity index (χ2v) is 11.0. The summed E-state index contributed by atoms with van der Waals surface area (Å²) < 4.78 is 11.4. The van der Waals surface area contributed by atoms with E-state index in [4.69, 9.17) is 13.9 Å². The third-order valence-electron chi connectivity index (χ3n) is 8.15. The number of oxazole rings is 1. The first-order valence-electron chi connectivity index (χ1n) is 12.2. The van der Waals surface area contributed by atoms with Crippen molar-refractivity contribution in [1.82, 2.24) is 15.1 Å². The van der Waals surface area contributed by atoms with E-state index in [2.05, 4.69) is 27.6 Å². The van der Waals surface area contributed by atoms with Crippen LogP contribution in [0.25, 0.3) is 11.5 Å². The van der Waals surface area contributed by atoms with Crippen LogP contribution in [0.5, 0.6) is 0 Å². The Kier molecular flexibility index (Phi) is 4.70. The van der Waals surface area contributed by atoms with Crippen LogP contribution in [0.3, 0.4) is 0 Å². The molecule has 1 aromatic carbocycles. The fourth-order valence-corrected chi connectivity index (χ4v) is 5.55. The molecule has 0 amide bonds. The number of hydrogen-bond donors (Lipinski definition) is 2. The summed E-state index contributed by atoms with van der Waals surface area (Å²) in [7, 11) is 0. The number of nitrogens with zero attached hydrogens (tertiary/aromatic N) is 3. The number of benzene rings is 1. The largest absolute Gasteiger partial charge is 0.444 e. The smallest absolute Gasteiger partial charge is 0.232 e. The number of rotatable bonds is 7. The molecule has 33 heavy (non-hydrogen) atoms. The van der Waals surface area contributed by atoms with E-state index in [9.17, 15) is 5.11 Å². The molecule has 0 aliphatic heterocycles. The molecule has 2 heterocycles. The molecule has 0 atom stereocenters. The minimum Gasteiger partial charge on any atom is -0.444 e. The molecule has 7 nitrogen and oxygen atoms in total. The topological polar surface area (TPSA) is 97.2 Å². The second kappa shape index (κ2) is 7.42. The highest BCUT2D eigenvalue weighted by molar-refractivity contribution is 5.61. The van der Waals surface area contributed by atoms with Crippen molar-refractivity contribution in [3.63, 3.8) is 0 Å². The Balaban J connectivity index is 1.11. The SMILES string of the molecule is CC(C)(O)c1coc(-c2cccc(NCC34CCC(c5nc(C6CC6)no5)(CC3)CC4)c2)n1. The van der Waals surface area contributed by atoms with Crippen molar-refractivity contribution in [2.24, 2.45) is 5.41 Å². The van der Waals surface area contributed by atoms with Gasteiger partial charge in [0.05, 0.1) is 0 Å². The normalized spacial score (nSPS) is 27.1. The first-order chi connectivity index (χ1) is 15.8. The van der Waals surface area contributed by atoms with Gasteiger partial charge in [-0.05, 0) is 88.8 Å². The van der Waals surface area contributed by atoms with E-state index in [1.54, 1.807) is 13.8 Å². The van der Waals surface area contributed by atoms with Gasteiger partial charge in [0.15, 0.2) is 5.82 Å². The number of hydrogen-bond acceptors (Lipinski definition) is 7. The molecule has 4 saturated carbocycles. The van der Waals surface area contributed by atoms with Crippen LogP contribution in [0.1, 0.15) is 88.5 Å². The summed E-state index contributed by atoms with van der Waals surface area (Å²) in [6.45, 7) is 4.38. The Labute approximate surface area is 194 Å². The van der Waals surface area contributed by atoms with E-state index in [-0.39, 0.29) is 5.41 Å². The molecule has 7 rings (SSSR count). The Morgan fingerprint density at radius 3 is 2.52 bits per heavy atom. The van der Waals surface area contributed by atoms with E-state index in [1.165, 1.54) is 38.4 Å². The first-order valence-corrected chi connectivity index (χ1v) is 12.2. The van der Waals surface area contributed by atoms with E-state index >= 15 is 0 Å². The standard InChI is InChI=1S/C26H32N4O3/c1-24(2,31)20-15-32-22(28-20)18-4-3-5-19(14-18)27-16-25-8-11-26(12-9-25,13-10-25)23-29-21(30-33-23)17-6-7-17/h3-5,14-15,17,27,31H,6-13,16H2,1-2H3. The Bertz CT molecular complexity index is 1130. The second-order valence-electron chi connectivity index (χ2n) is 11.0. The average Bonchev–Trinajstić information content (AvgIpc) is 3.33. The predicted molar refractivity (Wildman–Crippen MR) is 124 cm³/mol. The maximum absolute atomic E-state index is 10.2. The van der Waals surface area contributed by atoms with Gasteiger partial charge in [-0.3, -0.25) is 0 Å². The van der Waals surface area contributed by atoms with E-state index in [0.717, 1.165) is 48.8 Å². The quantitative estimate of drug-likeness (QED) is 0.490. The van der Waals surface area contributed by atoms with Crippen LogP contribution in [-0.4, -0.2) is 26.8 Å². The molecule has 2 N–H and O–H groups in total. The zero-order valence-electron chi connectivity index (χ0n) is 19.4. The summed E-state index contributed by atoms with van der Waals surface area (Å²) >= 11 is 0. The van der Waals surface area contributed by atoms with Crippen molar-refractivity contribution in [1.29, 1.82) is 0 Å². The zero-order valence-corrected chi connectivity index (χ0v) is 19.4. The molecule has 0 radical (unpaired) electrons. The van der Waals surface area contributed by atoms with Crippen molar-refractivity contribution in [2.45, 2.75) is 82.1 Å². The number of nitrogens with one attached hydrogen (secondary N) is 1. The minimum absolute atomic E-state index is 0.102. The molecule has 4 fully saturated rings. The maximum Gasteiger partial charge on any atom is 0.232 e. The number of anilines is 1. The summed E-state index contributed by atoms with van der Waals surface area (Å²) in [5.41, 5.74) is 1.92. The van der Waals surface area contributed by atoms with Gasteiger partial charge in [-0.15, -0.1) is 0 Å². The Morgan fingerprint density at radius 2 is 1.85 bits per heavy atom.